The summed E-state index contributed by atoms with van der Waals surface area (Å²) < 4.78 is 0. The van der Waals surface area contributed by atoms with Crippen LogP contribution in [0.2, 0.25) is 0 Å². The normalized spacial score (nSPS) is 32.8. The van der Waals surface area contributed by atoms with Crippen molar-refractivity contribution in [3.63, 3.8) is 0 Å². The van der Waals surface area contributed by atoms with Gasteiger partial charge in [0.05, 0.1) is 0 Å². The lowest BCUT2D eigenvalue weighted by Gasteiger charge is -2.32. The zero-order chi connectivity index (χ0) is 12.1. The smallest absolute Gasteiger partial charge is 0.00673 e. The van der Waals surface area contributed by atoms with E-state index in [1.807, 2.05) is 0 Å². The molecule has 2 saturated carbocycles. The van der Waals surface area contributed by atoms with Crippen molar-refractivity contribution in [2.75, 3.05) is 0 Å². The van der Waals surface area contributed by atoms with E-state index < -0.39 is 0 Å². The van der Waals surface area contributed by atoms with Crippen LogP contribution in [-0.4, -0.2) is 6.04 Å². The van der Waals surface area contributed by atoms with Gasteiger partial charge in [-0.1, -0.05) is 51.9 Å². The number of hydrogen-bond donors (Lipinski definition) is 1. The second-order valence-corrected chi connectivity index (χ2v) is 6.59. The minimum absolute atomic E-state index is 0.505. The number of rotatable bonds is 5. The molecule has 0 saturated heterocycles. The van der Waals surface area contributed by atoms with Crippen LogP contribution in [-0.2, 0) is 0 Å². The first kappa shape index (κ1) is 13.4. The maximum absolute atomic E-state index is 6.44. The van der Waals surface area contributed by atoms with Gasteiger partial charge in [-0.05, 0) is 43.4 Å². The van der Waals surface area contributed by atoms with Crippen LogP contribution in [0.15, 0.2) is 0 Å². The van der Waals surface area contributed by atoms with Gasteiger partial charge in [-0.15, -0.1) is 0 Å². The van der Waals surface area contributed by atoms with Crippen molar-refractivity contribution in [1.29, 1.82) is 0 Å². The van der Waals surface area contributed by atoms with Gasteiger partial charge in [0.2, 0.25) is 0 Å². The minimum atomic E-state index is 0.505. The molecule has 0 aromatic rings. The Morgan fingerprint density at radius 2 is 1.71 bits per heavy atom. The molecule has 0 bridgehead atoms. The Hall–Kier alpha value is -0.0400. The van der Waals surface area contributed by atoms with Crippen LogP contribution < -0.4 is 5.73 Å². The third kappa shape index (κ3) is 3.98. The Bertz CT molecular complexity index is 208. The van der Waals surface area contributed by atoms with Crippen molar-refractivity contribution in [1.82, 2.24) is 0 Å². The van der Waals surface area contributed by atoms with Gasteiger partial charge in [0.15, 0.2) is 0 Å². The van der Waals surface area contributed by atoms with Gasteiger partial charge in [0.25, 0.3) is 0 Å². The van der Waals surface area contributed by atoms with Crippen molar-refractivity contribution in [3.8, 4) is 0 Å². The fraction of sp³-hybridized carbons (Fsp3) is 1.00. The summed E-state index contributed by atoms with van der Waals surface area (Å²) in [6.45, 7) is 2.34. The Morgan fingerprint density at radius 1 is 1.00 bits per heavy atom. The lowest BCUT2D eigenvalue weighted by molar-refractivity contribution is 0.218. The first-order chi connectivity index (χ1) is 8.29. The Morgan fingerprint density at radius 3 is 2.41 bits per heavy atom. The molecule has 2 N–H and O–H groups in total. The van der Waals surface area contributed by atoms with Crippen molar-refractivity contribution in [3.05, 3.63) is 0 Å². The van der Waals surface area contributed by atoms with Crippen LogP contribution in [0.5, 0.6) is 0 Å². The summed E-state index contributed by atoms with van der Waals surface area (Å²) in [5.74, 6) is 2.84. The fourth-order valence-corrected chi connectivity index (χ4v) is 4.06. The molecule has 3 atom stereocenters. The molecule has 17 heavy (non-hydrogen) atoms. The van der Waals surface area contributed by atoms with E-state index in [-0.39, 0.29) is 0 Å². The predicted molar refractivity (Wildman–Crippen MR) is 74.9 cm³/mol. The third-order valence-corrected chi connectivity index (χ3v) is 5.39. The first-order valence-electron chi connectivity index (χ1n) is 8.05. The summed E-state index contributed by atoms with van der Waals surface area (Å²) in [5, 5.41) is 0. The second kappa shape index (κ2) is 6.78. The Kier molecular flexibility index (Phi) is 5.34. The highest BCUT2D eigenvalue weighted by atomic mass is 14.7. The molecule has 0 aromatic heterocycles. The molecule has 1 heteroatoms. The molecule has 2 aliphatic carbocycles. The molecule has 0 aliphatic heterocycles. The molecule has 0 aromatic carbocycles. The van der Waals surface area contributed by atoms with Gasteiger partial charge >= 0.3 is 0 Å². The highest BCUT2D eigenvalue weighted by Gasteiger charge is 2.26. The highest BCUT2D eigenvalue weighted by Crippen LogP contribution is 2.35. The quantitative estimate of drug-likeness (QED) is 0.748. The lowest BCUT2D eigenvalue weighted by Crippen LogP contribution is -2.34. The van der Waals surface area contributed by atoms with Gasteiger partial charge in [0.1, 0.15) is 0 Å². The van der Waals surface area contributed by atoms with Crippen LogP contribution in [0.25, 0.3) is 0 Å². The monoisotopic (exact) mass is 237 g/mol. The van der Waals surface area contributed by atoms with Gasteiger partial charge < -0.3 is 5.73 Å². The van der Waals surface area contributed by atoms with Crippen LogP contribution >= 0.6 is 0 Å². The van der Waals surface area contributed by atoms with Crippen molar-refractivity contribution < 1.29 is 0 Å². The molecular weight excluding hydrogens is 206 g/mol. The molecule has 2 rings (SSSR count). The maximum atomic E-state index is 6.44. The van der Waals surface area contributed by atoms with E-state index in [0.29, 0.717) is 6.04 Å². The Labute approximate surface area is 108 Å². The van der Waals surface area contributed by atoms with Crippen molar-refractivity contribution in [2.45, 2.75) is 83.6 Å². The first-order valence-corrected chi connectivity index (χ1v) is 8.05. The predicted octanol–water partition coefficient (Wildman–Crippen LogP) is 4.50. The summed E-state index contributed by atoms with van der Waals surface area (Å²) in [6.07, 6.45) is 15.7. The molecule has 0 heterocycles. The second-order valence-electron chi connectivity index (χ2n) is 6.59. The minimum Gasteiger partial charge on any atom is -0.327 e. The van der Waals surface area contributed by atoms with Crippen LogP contribution in [0, 0.1) is 17.8 Å². The standard InChI is InChI=1S/C16H31N/c1-2-13-8-5-9-15(12-13)16(17)11-10-14-6-3-4-7-14/h13-16H,2-12,17H2,1H3. The molecule has 2 fully saturated rings. The molecule has 0 spiro atoms. The molecule has 0 amide bonds. The van der Waals surface area contributed by atoms with Gasteiger partial charge in [-0.3, -0.25) is 0 Å². The van der Waals surface area contributed by atoms with Crippen LogP contribution in [0.4, 0.5) is 0 Å². The maximum Gasteiger partial charge on any atom is 0.00673 e. The van der Waals surface area contributed by atoms with Crippen molar-refractivity contribution in [2.24, 2.45) is 23.5 Å². The number of hydrogen-bond acceptors (Lipinski definition) is 1. The molecular formula is C16H31N. The lowest BCUT2D eigenvalue weighted by atomic mass is 9.75. The van der Waals surface area contributed by atoms with E-state index in [4.69, 9.17) is 5.73 Å². The van der Waals surface area contributed by atoms with E-state index in [0.717, 1.165) is 17.8 Å². The zero-order valence-corrected chi connectivity index (χ0v) is 11.7. The van der Waals surface area contributed by atoms with E-state index in [2.05, 4.69) is 6.92 Å². The zero-order valence-electron chi connectivity index (χ0n) is 11.7. The summed E-state index contributed by atoms with van der Waals surface area (Å²) in [5.41, 5.74) is 6.44. The number of nitrogens with two attached hydrogens (primary N) is 1. The molecule has 2 aliphatic rings. The van der Waals surface area contributed by atoms with E-state index in [1.165, 1.54) is 70.6 Å². The van der Waals surface area contributed by atoms with Crippen LogP contribution in [0.3, 0.4) is 0 Å². The van der Waals surface area contributed by atoms with E-state index >= 15 is 0 Å². The topological polar surface area (TPSA) is 26.0 Å². The van der Waals surface area contributed by atoms with Gasteiger partial charge in [-0.2, -0.15) is 0 Å². The summed E-state index contributed by atoms with van der Waals surface area (Å²) in [4.78, 5) is 0. The average molecular weight is 237 g/mol. The van der Waals surface area contributed by atoms with E-state index in [9.17, 15) is 0 Å². The SMILES string of the molecule is CCC1CCCC(C(N)CCC2CCCC2)C1. The third-order valence-electron chi connectivity index (χ3n) is 5.39. The van der Waals surface area contributed by atoms with E-state index in [1.54, 1.807) is 0 Å². The Balaban J connectivity index is 1.68. The molecule has 1 nitrogen and oxygen atoms in total. The summed E-state index contributed by atoms with van der Waals surface area (Å²) >= 11 is 0. The largest absolute Gasteiger partial charge is 0.327 e. The van der Waals surface area contributed by atoms with Gasteiger partial charge in [-0.25, -0.2) is 0 Å². The molecule has 3 unspecified atom stereocenters. The molecule has 100 valence electrons. The molecule has 0 radical (unpaired) electrons. The summed E-state index contributed by atoms with van der Waals surface area (Å²) in [7, 11) is 0. The fourth-order valence-electron chi connectivity index (χ4n) is 4.06. The highest BCUT2D eigenvalue weighted by molar-refractivity contribution is 4.81. The van der Waals surface area contributed by atoms with Crippen LogP contribution in [0.1, 0.15) is 77.6 Å². The van der Waals surface area contributed by atoms with Gasteiger partial charge in [0, 0.05) is 6.04 Å². The average Bonchev–Trinajstić information content (AvgIpc) is 2.89. The summed E-state index contributed by atoms with van der Waals surface area (Å²) in [6, 6.07) is 0.505. The van der Waals surface area contributed by atoms with Crippen molar-refractivity contribution >= 4 is 0 Å².